The van der Waals surface area contributed by atoms with Crippen LogP contribution in [0.4, 0.5) is 5.82 Å². The molecule has 1 aromatic carbocycles. The van der Waals surface area contributed by atoms with Crippen LogP contribution in [0.25, 0.3) is 11.1 Å². The number of hydrogen-bond donors (Lipinski definition) is 2. The fourth-order valence-corrected chi connectivity index (χ4v) is 3.41. The molecule has 3 N–H and O–H groups in total. The topological polar surface area (TPSA) is 73.2 Å². The molecule has 0 amide bonds. The van der Waals surface area contributed by atoms with E-state index in [9.17, 15) is 0 Å². The van der Waals surface area contributed by atoms with E-state index < -0.39 is 0 Å². The third-order valence-corrected chi connectivity index (χ3v) is 4.50. The summed E-state index contributed by atoms with van der Waals surface area (Å²) in [4.78, 5) is 0. The monoisotopic (exact) mass is 285 g/mol. The number of benzene rings is 1. The Kier molecular flexibility index (Phi) is 2.98. The third kappa shape index (κ3) is 2.13. The second-order valence-electron chi connectivity index (χ2n) is 5.80. The van der Waals surface area contributed by atoms with Gasteiger partial charge in [-0.05, 0) is 30.5 Å². The van der Waals surface area contributed by atoms with E-state index in [2.05, 4.69) is 10.2 Å². The first kappa shape index (κ1) is 12.6. The molecule has 1 fully saturated rings. The number of fused-ring (bicyclic) bond motifs is 1. The fraction of sp³-hybridized carbons (Fsp3) is 0.438. The third-order valence-electron chi connectivity index (χ3n) is 4.50. The van der Waals surface area contributed by atoms with Crippen molar-refractivity contribution in [2.45, 2.75) is 38.0 Å². The Labute approximate surface area is 123 Å². The molecular formula is C16H19N3O2. The van der Waals surface area contributed by atoms with Crippen molar-refractivity contribution in [2.24, 2.45) is 0 Å². The molecule has 0 saturated heterocycles. The number of anilines is 1. The SMILES string of the molecule is Nc1n[nH]c(C2CCCCC2)c1-c1ccc2c(c1)OCO2. The van der Waals surface area contributed by atoms with E-state index in [4.69, 9.17) is 15.2 Å². The zero-order chi connectivity index (χ0) is 14.2. The molecule has 1 aliphatic carbocycles. The molecule has 1 aromatic heterocycles. The van der Waals surface area contributed by atoms with Gasteiger partial charge in [-0.25, -0.2) is 0 Å². The van der Waals surface area contributed by atoms with Crippen molar-refractivity contribution in [3.63, 3.8) is 0 Å². The highest BCUT2D eigenvalue weighted by atomic mass is 16.7. The van der Waals surface area contributed by atoms with Gasteiger partial charge in [0.1, 0.15) is 0 Å². The molecule has 0 spiro atoms. The number of nitrogens with two attached hydrogens (primary N) is 1. The lowest BCUT2D eigenvalue weighted by Gasteiger charge is -2.21. The average Bonchev–Trinajstić information content (AvgIpc) is 3.13. The van der Waals surface area contributed by atoms with Crippen molar-refractivity contribution in [1.29, 1.82) is 0 Å². The van der Waals surface area contributed by atoms with Crippen LogP contribution in [0.2, 0.25) is 0 Å². The van der Waals surface area contributed by atoms with E-state index in [0.29, 0.717) is 11.7 Å². The van der Waals surface area contributed by atoms with Crippen LogP contribution in [0.5, 0.6) is 11.5 Å². The number of ether oxygens (including phenoxy) is 2. The summed E-state index contributed by atoms with van der Waals surface area (Å²) in [6, 6.07) is 5.96. The molecule has 1 aliphatic heterocycles. The van der Waals surface area contributed by atoms with Gasteiger partial charge in [0, 0.05) is 17.2 Å². The number of H-pyrrole nitrogens is 1. The number of aromatic nitrogens is 2. The molecular weight excluding hydrogens is 266 g/mol. The lowest BCUT2D eigenvalue weighted by atomic mass is 9.84. The predicted molar refractivity (Wildman–Crippen MR) is 80.4 cm³/mol. The van der Waals surface area contributed by atoms with Crippen LogP contribution in [0.3, 0.4) is 0 Å². The number of aromatic amines is 1. The summed E-state index contributed by atoms with van der Waals surface area (Å²) in [6.45, 7) is 0.287. The Hall–Kier alpha value is -2.17. The van der Waals surface area contributed by atoms with Crippen LogP contribution in [-0.4, -0.2) is 17.0 Å². The molecule has 2 aliphatic rings. The molecule has 0 bridgehead atoms. The van der Waals surface area contributed by atoms with Gasteiger partial charge in [0.15, 0.2) is 17.3 Å². The molecule has 1 saturated carbocycles. The molecule has 5 nitrogen and oxygen atoms in total. The van der Waals surface area contributed by atoms with Crippen molar-refractivity contribution in [1.82, 2.24) is 10.2 Å². The number of nitrogens with one attached hydrogen (secondary N) is 1. The molecule has 2 aromatic rings. The first-order valence-corrected chi connectivity index (χ1v) is 7.56. The Morgan fingerprint density at radius 3 is 2.76 bits per heavy atom. The minimum absolute atomic E-state index is 0.287. The zero-order valence-electron chi connectivity index (χ0n) is 11.9. The molecule has 5 heteroatoms. The van der Waals surface area contributed by atoms with E-state index in [1.165, 1.54) is 37.8 Å². The molecule has 2 heterocycles. The maximum Gasteiger partial charge on any atom is 0.231 e. The first-order chi connectivity index (χ1) is 10.3. The summed E-state index contributed by atoms with van der Waals surface area (Å²) in [6.07, 6.45) is 6.31. The van der Waals surface area contributed by atoms with E-state index in [-0.39, 0.29) is 6.79 Å². The summed E-state index contributed by atoms with van der Waals surface area (Å²) < 4.78 is 10.8. The van der Waals surface area contributed by atoms with Gasteiger partial charge in [-0.1, -0.05) is 25.3 Å². The van der Waals surface area contributed by atoms with Gasteiger partial charge in [-0.2, -0.15) is 5.10 Å². The number of hydrogen-bond acceptors (Lipinski definition) is 4. The van der Waals surface area contributed by atoms with Crippen molar-refractivity contribution >= 4 is 5.82 Å². The van der Waals surface area contributed by atoms with Gasteiger partial charge in [0.2, 0.25) is 6.79 Å². The maximum atomic E-state index is 6.11. The predicted octanol–water partition coefficient (Wildman–Crippen LogP) is 3.44. The molecule has 0 atom stereocenters. The largest absolute Gasteiger partial charge is 0.454 e. The number of nitrogen functional groups attached to an aromatic ring is 1. The smallest absolute Gasteiger partial charge is 0.231 e. The van der Waals surface area contributed by atoms with Crippen LogP contribution in [0.15, 0.2) is 18.2 Å². The van der Waals surface area contributed by atoms with Crippen LogP contribution in [-0.2, 0) is 0 Å². The summed E-state index contributed by atoms with van der Waals surface area (Å²) >= 11 is 0. The summed E-state index contributed by atoms with van der Waals surface area (Å²) in [5.74, 6) is 2.67. The second-order valence-corrected chi connectivity index (χ2v) is 5.80. The van der Waals surface area contributed by atoms with Gasteiger partial charge in [0.05, 0.1) is 0 Å². The van der Waals surface area contributed by atoms with E-state index >= 15 is 0 Å². The number of rotatable bonds is 2. The van der Waals surface area contributed by atoms with Crippen LogP contribution >= 0.6 is 0 Å². The Bertz CT molecular complexity index is 660. The maximum absolute atomic E-state index is 6.11. The van der Waals surface area contributed by atoms with E-state index in [1.807, 2.05) is 18.2 Å². The van der Waals surface area contributed by atoms with Gasteiger partial charge in [-0.15, -0.1) is 0 Å². The molecule has 4 rings (SSSR count). The minimum Gasteiger partial charge on any atom is -0.454 e. The van der Waals surface area contributed by atoms with Crippen LogP contribution in [0.1, 0.15) is 43.7 Å². The fourth-order valence-electron chi connectivity index (χ4n) is 3.41. The lowest BCUT2D eigenvalue weighted by Crippen LogP contribution is -2.06. The van der Waals surface area contributed by atoms with E-state index in [1.54, 1.807) is 0 Å². The van der Waals surface area contributed by atoms with Gasteiger partial charge in [0.25, 0.3) is 0 Å². The summed E-state index contributed by atoms with van der Waals surface area (Å²) in [7, 11) is 0. The normalized spacial score (nSPS) is 18.1. The molecule has 110 valence electrons. The summed E-state index contributed by atoms with van der Waals surface area (Å²) in [5, 5.41) is 7.41. The quantitative estimate of drug-likeness (QED) is 0.886. The van der Waals surface area contributed by atoms with Gasteiger partial charge in [-0.3, -0.25) is 5.10 Å². The van der Waals surface area contributed by atoms with Gasteiger partial charge < -0.3 is 15.2 Å². The highest BCUT2D eigenvalue weighted by Gasteiger charge is 2.24. The molecule has 21 heavy (non-hydrogen) atoms. The molecule has 0 unspecified atom stereocenters. The second kappa shape index (κ2) is 4.98. The average molecular weight is 285 g/mol. The lowest BCUT2D eigenvalue weighted by molar-refractivity contribution is 0.174. The summed E-state index contributed by atoms with van der Waals surface area (Å²) in [5.41, 5.74) is 9.36. The first-order valence-electron chi connectivity index (χ1n) is 7.56. The van der Waals surface area contributed by atoms with Crippen molar-refractivity contribution < 1.29 is 9.47 Å². The van der Waals surface area contributed by atoms with Crippen molar-refractivity contribution in [3.8, 4) is 22.6 Å². The minimum atomic E-state index is 0.287. The Morgan fingerprint density at radius 1 is 1.10 bits per heavy atom. The Balaban J connectivity index is 1.75. The van der Waals surface area contributed by atoms with Gasteiger partial charge >= 0.3 is 0 Å². The van der Waals surface area contributed by atoms with Crippen LogP contribution in [0, 0.1) is 0 Å². The van der Waals surface area contributed by atoms with Crippen molar-refractivity contribution in [3.05, 3.63) is 23.9 Å². The Morgan fingerprint density at radius 2 is 1.90 bits per heavy atom. The highest BCUT2D eigenvalue weighted by Crippen LogP contribution is 2.42. The van der Waals surface area contributed by atoms with E-state index in [0.717, 1.165) is 22.6 Å². The van der Waals surface area contributed by atoms with Crippen molar-refractivity contribution in [2.75, 3.05) is 12.5 Å². The highest BCUT2D eigenvalue weighted by molar-refractivity contribution is 5.78. The number of nitrogens with zero attached hydrogens (tertiary/aromatic N) is 1. The standard InChI is InChI=1S/C16H19N3O2/c17-16-14(11-6-7-12-13(8-11)21-9-20-12)15(18-19-16)10-4-2-1-3-5-10/h6-8,10H,1-5,9H2,(H3,17,18,19). The zero-order valence-corrected chi connectivity index (χ0v) is 11.9. The molecule has 0 radical (unpaired) electrons. The van der Waals surface area contributed by atoms with Crippen LogP contribution < -0.4 is 15.2 Å².